The highest BCUT2D eigenvalue weighted by atomic mass is 16.5. The molecule has 11 heteroatoms. The number of allylic oxidation sites excluding steroid dienone is 14. The molecule has 0 aromatic heterocycles. The van der Waals surface area contributed by atoms with E-state index in [2.05, 4.69) is 32.8 Å². The van der Waals surface area contributed by atoms with Gasteiger partial charge in [-0.3, -0.25) is 9.59 Å². The summed E-state index contributed by atoms with van der Waals surface area (Å²) in [6.07, 6.45) is 17.3. The van der Waals surface area contributed by atoms with E-state index in [0.29, 0.717) is 75.0 Å². The van der Waals surface area contributed by atoms with E-state index in [1.807, 2.05) is 125 Å². The molecular weight excluding hydrogens is 769 g/mol. The second kappa shape index (κ2) is 21.1. The molecule has 61 heavy (non-hydrogen) atoms. The molecule has 0 bridgehead atoms. The monoisotopic (exact) mass is 826 g/mol. The van der Waals surface area contributed by atoms with Crippen LogP contribution in [-0.4, -0.2) is 126 Å². The van der Waals surface area contributed by atoms with Crippen LogP contribution in [0, 0.1) is 0 Å². The quantitative estimate of drug-likeness (QED) is 0.108. The Kier molecular flexibility index (Phi) is 15.4. The van der Waals surface area contributed by atoms with Crippen LogP contribution >= 0.6 is 0 Å². The van der Waals surface area contributed by atoms with Crippen LogP contribution in [0.5, 0.6) is 0 Å². The van der Waals surface area contributed by atoms with Gasteiger partial charge < -0.3 is 34.2 Å². The molecule has 0 fully saturated rings. The van der Waals surface area contributed by atoms with Crippen molar-refractivity contribution in [1.29, 1.82) is 0 Å². The summed E-state index contributed by atoms with van der Waals surface area (Å²) < 4.78 is 21.5. The maximum atomic E-state index is 13.0. The van der Waals surface area contributed by atoms with Gasteiger partial charge in [0.2, 0.25) is 0 Å². The fourth-order valence-electron chi connectivity index (χ4n) is 7.50. The summed E-state index contributed by atoms with van der Waals surface area (Å²) in [5.74, 6) is -0.834. The molecule has 4 aliphatic rings. The van der Waals surface area contributed by atoms with Crippen molar-refractivity contribution in [2.45, 2.75) is 26.7 Å². The predicted molar refractivity (Wildman–Crippen MR) is 239 cm³/mol. The van der Waals surface area contributed by atoms with E-state index in [0.717, 1.165) is 48.7 Å². The minimum absolute atomic E-state index is 0.209. The van der Waals surface area contributed by atoms with Gasteiger partial charge in [0, 0.05) is 98.0 Å². The first-order chi connectivity index (χ1) is 29.5. The van der Waals surface area contributed by atoms with Crippen LogP contribution in [0.15, 0.2) is 131 Å². The summed E-state index contributed by atoms with van der Waals surface area (Å²) in [6, 6.07) is 15.0. The number of benzene rings is 2. The Balaban J connectivity index is 0.834. The zero-order valence-electron chi connectivity index (χ0n) is 36.4. The zero-order valence-corrected chi connectivity index (χ0v) is 36.4. The molecule has 0 unspecified atom stereocenters. The number of carbonyl (C=O) groups excluding carboxylic acids is 2. The molecule has 0 N–H and O–H groups in total. The maximum Gasteiger partial charge on any atom is 0.199 e. The largest absolute Gasteiger partial charge is 0.871 e. The van der Waals surface area contributed by atoms with Crippen molar-refractivity contribution in [3.8, 4) is 0 Å². The third-order valence-corrected chi connectivity index (χ3v) is 11.2. The van der Waals surface area contributed by atoms with E-state index in [1.165, 1.54) is 0 Å². The van der Waals surface area contributed by atoms with E-state index in [9.17, 15) is 19.8 Å². The molecule has 0 amide bonds. The third-order valence-electron chi connectivity index (χ3n) is 11.2. The van der Waals surface area contributed by atoms with Crippen LogP contribution in [0.25, 0.3) is 11.1 Å². The number of anilines is 2. The van der Waals surface area contributed by atoms with Crippen molar-refractivity contribution in [3.63, 3.8) is 0 Å². The molecule has 6 rings (SSSR count). The fourth-order valence-corrected chi connectivity index (χ4v) is 7.50. The number of ketones is 2. The van der Waals surface area contributed by atoms with E-state index < -0.39 is 0 Å². The lowest BCUT2D eigenvalue weighted by atomic mass is 9.80. The molecule has 0 atom stereocenters. The Bertz CT molecular complexity index is 2100. The van der Waals surface area contributed by atoms with Crippen molar-refractivity contribution in [1.82, 2.24) is 0 Å². The molecule has 320 valence electrons. The standard InChI is InChI=1S/C50H58N4O7/c1-7-25-51(3)39-17-9-35(10-18-39)43-47(55)45(48(43)56)37-13-21-41(22-14-37)53(5)27-29-59-31-33-61-34-32-60-30-28-54(6)42-23-15-38(16-24-42)46-49(57)44(50(46)58)36-11-19-40(20-12-36)52(4)26-8-2/h9-24H,7-8,25-34H2,1-6H3. The van der Waals surface area contributed by atoms with Crippen LogP contribution in [-0.2, 0) is 23.8 Å². The Morgan fingerprint density at radius 2 is 0.820 bits per heavy atom. The zero-order chi connectivity index (χ0) is 43.5. The van der Waals surface area contributed by atoms with Crippen molar-refractivity contribution in [3.05, 3.63) is 142 Å². The number of carbonyl (C=O) groups is 2. The van der Waals surface area contributed by atoms with Crippen molar-refractivity contribution >= 4 is 45.5 Å². The molecular formula is C50H58N4O7. The molecule has 0 aliphatic heterocycles. The number of hydrogen-bond acceptors (Lipinski definition) is 9. The summed E-state index contributed by atoms with van der Waals surface area (Å²) in [6.45, 7) is 10.3. The van der Waals surface area contributed by atoms with Crippen LogP contribution in [0.3, 0.4) is 0 Å². The normalized spacial score (nSPS) is 16.0. The minimum atomic E-state index is -0.209. The number of nitrogens with zero attached hydrogens (tertiary/aromatic N) is 4. The molecule has 4 aliphatic carbocycles. The summed E-state index contributed by atoms with van der Waals surface area (Å²) in [4.78, 5) is 30.2. The summed E-state index contributed by atoms with van der Waals surface area (Å²) in [7, 11) is 8.00. The number of rotatable bonds is 20. The smallest absolute Gasteiger partial charge is 0.199 e. The van der Waals surface area contributed by atoms with Crippen LogP contribution in [0.4, 0.5) is 11.4 Å². The van der Waals surface area contributed by atoms with Gasteiger partial charge in [0.25, 0.3) is 0 Å². The summed E-state index contributed by atoms with van der Waals surface area (Å²) >= 11 is 0. The number of Topliss-reactive ketones (excluding diaryl/α,β-unsaturated/α-hetero) is 2. The first kappa shape index (κ1) is 44.7. The summed E-state index contributed by atoms with van der Waals surface area (Å²) in [5, 5.41) is 26.1. The van der Waals surface area contributed by atoms with Gasteiger partial charge >= 0.3 is 0 Å². The van der Waals surface area contributed by atoms with Crippen LogP contribution in [0.1, 0.15) is 37.8 Å². The van der Waals surface area contributed by atoms with Crippen LogP contribution < -0.4 is 20.0 Å². The SMILES string of the molecule is CCC[N+](C)=C1C=CC(=C2C(=O)C(c3ccc(N(C)CCOCCOCCOCCN(C)c4ccc(C5=C([O-])C(=C6C=CC(=[N+](C)CCC)C=C6)C5=O)cc4)cc3)=C2[O-])C=C1. The lowest BCUT2D eigenvalue weighted by Crippen LogP contribution is -2.30. The van der Waals surface area contributed by atoms with Crippen LogP contribution in [0.2, 0.25) is 0 Å². The van der Waals surface area contributed by atoms with Crippen molar-refractivity contribution < 1.29 is 43.2 Å². The van der Waals surface area contributed by atoms with Gasteiger partial charge in [0.15, 0.2) is 23.0 Å². The highest BCUT2D eigenvalue weighted by Crippen LogP contribution is 2.39. The Hall–Kier alpha value is -5.88. The van der Waals surface area contributed by atoms with Gasteiger partial charge in [0.1, 0.15) is 27.2 Å². The molecule has 0 saturated carbocycles. The topological polar surface area (TPSA) is 120 Å². The average molecular weight is 827 g/mol. The first-order valence-corrected chi connectivity index (χ1v) is 21.2. The van der Waals surface area contributed by atoms with Gasteiger partial charge in [-0.1, -0.05) is 49.6 Å². The first-order valence-electron chi connectivity index (χ1n) is 21.2. The van der Waals surface area contributed by atoms with E-state index in [1.54, 1.807) is 0 Å². The Labute approximate surface area is 360 Å². The maximum absolute atomic E-state index is 13.0. The second-order valence-corrected chi connectivity index (χ2v) is 15.5. The van der Waals surface area contributed by atoms with Gasteiger partial charge in [0.05, 0.1) is 39.6 Å². The fraction of sp³-hybridized carbons (Fsp3) is 0.360. The predicted octanol–water partition coefficient (Wildman–Crippen LogP) is 4.45. The second-order valence-electron chi connectivity index (χ2n) is 15.5. The number of likely N-dealkylation sites (N-methyl/N-ethyl adjacent to an activating group) is 2. The lowest BCUT2D eigenvalue weighted by Gasteiger charge is -2.32. The lowest BCUT2D eigenvalue weighted by molar-refractivity contribution is -0.495. The van der Waals surface area contributed by atoms with Gasteiger partial charge in [-0.15, -0.1) is 0 Å². The Morgan fingerprint density at radius 3 is 1.13 bits per heavy atom. The van der Waals surface area contributed by atoms with E-state index in [4.69, 9.17) is 14.2 Å². The minimum Gasteiger partial charge on any atom is -0.871 e. The molecule has 0 saturated heterocycles. The van der Waals surface area contributed by atoms with E-state index in [-0.39, 0.29) is 45.4 Å². The third kappa shape index (κ3) is 10.5. The molecule has 11 nitrogen and oxygen atoms in total. The average Bonchev–Trinajstić information content (AvgIpc) is 3.26. The van der Waals surface area contributed by atoms with Gasteiger partial charge in [-0.25, -0.2) is 9.15 Å². The Morgan fingerprint density at radius 1 is 0.492 bits per heavy atom. The highest BCUT2D eigenvalue weighted by molar-refractivity contribution is 6.40. The highest BCUT2D eigenvalue weighted by Gasteiger charge is 2.32. The van der Waals surface area contributed by atoms with Gasteiger partial charge in [-0.05, 0) is 70.8 Å². The molecule has 0 radical (unpaired) electrons. The molecule has 2 aromatic rings. The van der Waals surface area contributed by atoms with Crippen molar-refractivity contribution in [2.24, 2.45) is 0 Å². The number of ether oxygens (including phenoxy) is 3. The molecule has 2 aromatic carbocycles. The summed E-state index contributed by atoms with van der Waals surface area (Å²) in [5.41, 5.74) is 7.60. The molecule has 0 spiro atoms. The molecule has 0 heterocycles. The number of hydrogen-bond donors (Lipinski definition) is 0. The van der Waals surface area contributed by atoms with Gasteiger partial charge in [-0.2, -0.15) is 0 Å². The van der Waals surface area contributed by atoms with Crippen molar-refractivity contribution in [2.75, 3.05) is 104 Å². The van der Waals surface area contributed by atoms with E-state index >= 15 is 0 Å².